The largest absolute Gasteiger partial charge is 0.0654 e. The van der Waals surface area contributed by atoms with Crippen LogP contribution >= 0.6 is 31.9 Å². The van der Waals surface area contributed by atoms with Crippen LogP contribution in [0.3, 0.4) is 0 Å². The zero-order valence-electron chi connectivity index (χ0n) is 19.1. The zero-order chi connectivity index (χ0) is 22.1. The molecule has 0 amide bonds. The SMILES string of the molecule is CCCCCCC1(CCCCCC)c2cc(/C=C\Br)ccc2-c2ccc(/C=C\Br)cc21. The molecule has 0 atom stereocenters. The highest BCUT2D eigenvalue weighted by atomic mass is 79.9. The molecule has 1 aliphatic carbocycles. The minimum absolute atomic E-state index is 0.137. The Hall–Kier alpha value is -1.12. The average Bonchev–Trinajstić information content (AvgIpc) is 3.04. The summed E-state index contributed by atoms with van der Waals surface area (Å²) in [6, 6.07) is 14.2. The third-order valence-corrected chi connectivity index (χ3v) is 7.36. The first kappa shape index (κ1) is 24.5. The van der Waals surface area contributed by atoms with Crippen LogP contribution in [0.5, 0.6) is 0 Å². The summed E-state index contributed by atoms with van der Waals surface area (Å²) in [5.74, 6) is 0. The Morgan fingerprint density at radius 1 is 0.645 bits per heavy atom. The predicted octanol–water partition coefficient (Wildman–Crippen LogP) is 10.6. The molecule has 0 unspecified atom stereocenters. The number of fused-ring (bicyclic) bond motifs is 3. The predicted molar refractivity (Wildman–Crippen MR) is 146 cm³/mol. The molecule has 3 rings (SSSR count). The van der Waals surface area contributed by atoms with Crippen LogP contribution in [0.2, 0.25) is 0 Å². The van der Waals surface area contributed by atoms with Crippen molar-refractivity contribution in [3.63, 3.8) is 0 Å². The van der Waals surface area contributed by atoms with Crippen LogP contribution in [-0.4, -0.2) is 0 Å². The molecule has 2 heteroatoms. The summed E-state index contributed by atoms with van der Waals surface area (Å²) in [4.78, 5) is 3.94. The molecule has 0 aliphatic heterocycles. The number of rotatable bonds is 12. The molecule has 166 valence electrons. The van der Waals surface area contributed by atoms with Crippen molar-refractivity contribution in [1.29, 1.82) is 0 Å². The minimum Gasteiger partial charge on any atom is -0.0654 e. The molecule has 0 nitrogen and oxygen atoms in total. The maximum atomic E-state index is 3.48. The third-order valence-electron chi connectivity index (χ3n) is 6.83. The monoisotopic (exact) mass is 542 g/mol. The van der Waals surface area contributed by atoms with Crippen LogP contribution in [0, 0.1) is 0 Å². The molecule has 0 fully saturated rings. The van der Waals surface area contributed by atoms with Crippen LogP contribution in [-0.2, 0) is 5.41 Å². The van der Waals surface area contributed by atoms with Gasteiger partial charge in [0, 0.05) is 5.41 Å². The summed E-state index contributed by atoms with van der Waals surface area (Å²) in [5.41, 5.74) is 8.71. The number of hydrogen-bond acceptors (Lipinski definition) is 0. The second-order valence-electron chi connectivity index (χ2n) is 8.90. The second kappa shape index (κ2) is 12.2. The van der Waals surface area contributed by atoms with Gasteiger partial charge in [0.2, 0.25) is 0 Å². The van der Waals surface area contributed by atoms with E-state index in [4.69, 9.17) is 0 Å². The molecule has 0 radical (unpaired) electrons. The van der Waals surface area contributed by atoms with Crippen LogP contribution < -0.4 is 0 Å². The lowest BCUT2D eigenvalue weighted by atomic mass is 9.70. The van der Waals surface area contributed by atoms with E-state index in [2.05, 4.69) is 94.3 Å². The number of halogens is 2. The fraction of sp³-hybridized carbons (Fsp3) is 0.448. The van der Waals surface area contributed by atoms with E-state index in [0.29, 0.717) is 0 Å². The quantitative estimate of drug-likeness (QED) is 0.233. The maximum absolute atomic E-state index is 3.48. The zero-order valence-corrected chi connectivity index (χ0v) is 22.3. The van der Waals surface area contributed by atoms with Crippen molar-refractivity contribution in [2.75, 3.05) is 0 Å². The van der Waals surface area contributed by atoms with Crippen molar-refractivity contribution < 1.29 is 0 Å². The van der Waals surface area contributed by atoms with Crippen molar-refractivity contribution in [1.82, 2.24) is 0 Å². The number of hydrogen-bond donors (Lipinski definition) is 0. The lowest BCUT2D eigenvalue weighted by molar-refractivity contribution is 0.401. The van der Waals surface area contributed by atoms with E-state index in [1.54, 1.807) is 11.1 Å². The van der Waals surface area contributed by atoms with Crippen LogP contribution in [0.25, 0.3) is 23.3 Å². The van der Waals surface area contributed by atoms with Gasteiger partial charge < -0.3 is 0 Å². The van der Waals surface area contributed by atoms with Gasteiger partial charge in [0.15, 0.2) is 0 Å². The Bertz CT molecular complexity index is 831. The second-order valence-corrected chi connectivity index (χ2v) is 9.96. The van der Waals surface area contributed by atoms with E-state index >= 15 is 0 Å². The summed E-state index contributed by atoms with van der Waals surface area (Å²) >= 11 is 6.95. The highest BCUT2D eigenvalue weighted by Gasteiger charge is 2.42. The van der Waals surface area contributed by atoms with Crippen molar-refractivity contribution in [3.05, 3.63) is 68.6 Å². The van der Waals surface area contributed by atoms with E-state index in [-0.39, 0.29) is 5.41 Å². The van der Waals surface area contributed by atoms with Gasteiger partial charge in [0.05, 0.1) is 0 Å². The molecule has 2 aromatic rings. The van der Waals surface area contributed by atoms with E-state index in [1.807, 2.05) is 9.97 Å². The Labute approximate surface area is 206 Å². The molecule has 0 saturated heterocycles. The van der Waals surface area contributed by atoms with Gasteiger partial charge in [0.1, 0.15) is 0 Å². The van der Waals surface area contributed by atoms with Gasteiger partial charge in [-0.3, -0.25) is 0 Å². The van der Waals surface area contributed by atoms with Crippen molar-refractivity contribution in [2.45, 2.75) is 83.5 Å². The van der Waals surface area contributed by atoms with Crippen molar-refractivity contribution >= 4 is 44.0 Å². The molecule has 1 aliphatic rings. The average molecular weight is 544 g/mol. The minimum atomic E-state index is 0.137. The first-order valence-electron chi connectivity index (χ1n) is 12.0. The smallest absolute Gasteiger partial charge is 0.0215 e. The van der Waals surface area contributed by atoms with Crippen molar-refractivity contribution in [2.24, 2.45) is 0 Å². The van der Waals surface area contributed by atoms with Gasteiger partial charge in [-0.2, -0.15) is 0 Å². The summed E-state index contributed by atoms with van der Waals surface area (Å²) in [6.45, 7) is 4.61. The van der Waals surface area contributed by atoms with Crippen LogP contribution in [0.15, 0.2) is 46.4 Å². The molecule has 0 N–H and O–H groups in total. The first-order valence-corrected chi connectivity index (χ1v) is 13.9. The van der Waals surface area contributed by atoms with Gasteiger partial charge in [-0.25, -0.2) is 0 Å². The summed E-state index contributed by atoms with van der Waals surface area (Å²) in [7, 11) is 0. The fourth-order valence-electron chi connectivity index (χ4n) is 5.25. The normalized spacial score (nSPS) is 14.5. The number of unbranched alkanes of at least 4 members (excludes halogenated alkanes) is 6. The summed E-state index contributed by atoms with van der Waals surface area (Å²) in [5, 5.41) is 0. The highest BCUT2D eigenvalue weighted by molar-refractivity contribution is 9.11. The lowest BCUT2D eigenvalue weighted by Gasteiger charge is -2.33. The Balaban J connectivity index is 2.11. The van der Waals surface area contributed by atoms with E-state index in [0.717, 1.165) is 0 Å². The van der Waals surface area contributed by atoms with Gasteiger partial charge in [-0.1, -0.05) is 133 Å². The fourth-order valence-corrected chi connectivity index (χ4v) is 5.86. The molecular weight excluding hydrogens is 508 g/mol. The molecule has 0 saturated carbocycles. The Morgan fingerprint density at radius 2 is 1.10 bits per heavy atom. The molecule has 2 aromatic carbocycles. The molecule has 0 spiro atoms. The van der Waals surface area contributed by atoms with Gasteiger partial charge in [-0.05, 0) is 68.3 Å². The van der Waals surface area contributed by atoms with E-state index in [9.17, 15) is 0 Å². The van der Waals surface area contributed by atoms with Crippen LogP contribution in [0.1, 0.15) is 100 Å². The molecule has 0 heterocycles. The van der Waals surface area contributed by atoms with E-state index in [1.165, 1.54) is 86.5 Å². The summed E-state index contributed by atoms with van der Waals surface area (Å²) < 4.78 is 0. The molecule has 0 aromatic heterocycles. The first-order chi connectivity index (χ1) is 15.2. The maximum Gasteiger partial charge on any atom is 0.0215 e. The van der Waals surface area contributed by atoms with E-state index < -0.39 is 0 Å². The number of benzene rings is 2. The molecular formula is C29H36Br2. The van der Waals surface area contributed by atoms with Crippen LogP contribution in [0.4, 0.5) is 0 Å². The van der Waals surface area contributed by atoms with Crippen molar-refractivity contribution in [3.8, 4) is 11.1 Å². The standard InChI is InChI=1S/C29H36Br2/c1-3-5-7-9-17-29(18-10-8-6-4-2)27-21-23(15-19-30)11-13-25(27)26-14-12-24(16-20-31)22-28(26)29/h11-16,19-22H,3-10,17-18H2,1-2H3/b19-15-,20-16-. The Kier molecular flexibility index (Phi) is 9.66. The molecule has 31 heavy (non-hydrogen) atoms. The van der Waals surface area contributed by atoms with Gasteiger partial charge in [-0.15, -0.1) is 0 Å². The van der Waals surface area contributed by atoms with Gasteiger partial charge >= 0.3 is 0 Å². The topological polar surface area (TPSA) is 0 Å². The molecule has 0 bridgehead atoms. The third kappa shape index (κ3) is 5.63. The Morgan fingerprint density at radius 3 is 1.48 bits per heavy atom. The highest BCUT2D eigenvalue weighted by Crippen LogP contribution is 2.54. The van der Waals surface area contributed by atoms with Gasteiger partial charge in [0.25, 0.3) is 0 Å². The lowest BCUT2D eigenvalue weighted by Crippen LogP contribution is -2.25. The summed E-state index contributed by atoms with van der Waals surface area (Å²) in [6.07, 6.45) is 17.4.